The normalized spacial score (nSPS) is 11.6. The summed E-state index contributed by atoms with van der Waals surface area (Å²) in [7, 11) is -1.06. The van der Waals surface area contributed by atoms with E-state index < -0.39 is 8.80 Å². The van der Waals surface area contributed by atoms with Gasteiger partial charge in [-0.25, -0.2) is 0 Å². The Balaban J connectivity index is 3.81. The van der Waals surface area contributed by atoms with E-state index in [9.17, 15) is 4.79 Å². The zero-order valence-corrected chi connectivity index (χ0v) is 15.6. The highest BCUT2D eigenvalue weighted by molar-refractivity contribution is 6.60. The minimum Gasteiger partial charge on any atom is -0.469 e. The van der Waals surface area contributed by atoms with Crippen molar-refractivity contribution in [1.29, 1.82) is 0 Å². The summed E-state index contributed by atoms with van der Waals surface area (Å²) in [6.45, 7) is 9.55. The van der Waals surface area contributed by atoms with Crippen molar-refractivity contribution >= 4 is 14.8 Å². The van der Waals surface area contributed by atoms with Crippen LogP contribution in [0.5, 0.6) is 0 Å². The quantitative estimate of drug-likeness (QED) is 0.281. The molecule has 0 unspecified atom stereocenters. The van der Waals surface area contributed by atoms with Gasteiger partial charge < -0.3 is 23.3 Å². The number of rotatable bonds is 15. The van der Waals surface area contributed by atoms with Gasteiger partial charge in [0.05, 0.1) is 7.11 Å². The molecule has 1 N–H and O–H groups in total. The van der Waals surface area contributed by atoms with Gasteiger partial charge in [0.15, 0.2) is 0 Å². The molecule has 0 aromatic carbocycles. The van der Waals surface area contributed by atoms with Crippen LogP contribution in [-0.4, -0.2) is 54.8 Å². The predicted molar refractivity (Wildman–Crippen MR) is 88.8 cm³/mol. The molecule has 0 atom stereocenters. The van der Waals surface area contributed by atoms with Crippen LogP contribution in [0.15, 0.2) is 0 Å². The van der Waals surface area contributed by atoms with Gasteiger partial charge in [0.2, 0.25) is 0 Å². The first kappa shape index (κ1) is 21.5. The molecule has 0 aromatic rings. The van der Waals surface area contributed by atoms with Crippen LogP contribution in [-0.2, 0) is 22.8 Å². The third kappa shape index (κ3) is 10.3. The Morgan fingerprint density at radius 1 is 0.909 bits per heavy atom. The van der Waals surface area contributed by atoms with Crippen LogP contribution >= 0.6 is 0 Å². The maximum absolute atomic E-state index is 11.0. The number of carbonyl (C=O) groups excluding carboxylic acids is 1. The van der Waals surface area contributed by atoms with Gasteiger partial charge in [-0.3, -0.25) is 4.79 Å². The van der Waals surface area contributed by atoms with Crippen LogP contribution in [0.4, 0.5) is 0 Å². The summed E-state index contributed by atoms with van der Waals surface area (Å²) in [5.41, 5.74) is 0. The van der Waals surface area contributed by atoms with E-state index in [1.807, 2.05) is 20.8 Å². The number of esters is 1. The number of methoxy groups -OCH3 is 1. The fourth-order valence-corrected chi connectivity index (χ4v) is 4.86. The standard InChI is InChI=1S/C15H33NO5Si/c1-5-19-22(20-6-2,21-7-3)14-9-8-12-16-13-10-11-15(17)18-4/h16H,5-14H2,1-4H3. The molecule has 7 heteroatoms. The summed E-state index contributed by atoms with van der Waals surface area (Å²) in [4.78, 5) is 11.0. The summed E-state index contributed by atoms with van der Waals surface area (Å²) in [6, 6.07) is 0.854. The number of hydrogen-bond donors (Lipinski definition) is 1. The monoisotopic (exact) mass is 335 g/mol. The maximum atomic E-state index is 11.0. The van der Waals surface area contributed by atoms with E-state index in [0.717, 1.165) is 38.4 Å². The summed E-state index contributed by atoms with van der Waals surface area (Å²) >= 11 is 0. The second-order valence-corrected chi connectivity index (χ2v) is 7.60. The Hall–Kier alpha value is -0.473. The van der Waals surface area contributed by atoms with Gasteiger partial charge in [0.25, 0.3) is 0 Å². The molecule has 0 radical (unpaired) electrons. The topological polar surface area (TPSA) is 66.0 Å². The molecule has 0 amide bonds. The van der Waals surface area contributed by atoms with Crippen LogP contribution in [0.1, 0.15) is 46.5 Å². The number of nitrogens with one attached hydrogen (secondary N) is 1. The molecule has 0 aliphatic carbocycles. The van der Waals surface area contributed by atoms with E-state index in [1.54, 1.807) is 0 Å². The second kappa shape index (κ2) is 14.1. The molecule has 0 saturated heterocycles. The van der Waals surface area contributed by atoms with Crippen LogP contribution in [0, 0.1) is 0 Å². The largest absolute Gasteiger partial charge is 0.500 e. The fourth-order valence-electron chi connectivity index (χ4n) is 2.18. The molecule has 0 spiro atoms. The lowest BCUT2D eigenvalue weighted by Gasteiger charge is -2.28. The average Bonchev–Trinajstić information content (AvgIpc) is 2.50. The van der Waals surface area contributed by atoms with Gasteiger partial charge in [-0.05, 0) is 53.1 Å². The minimum atomic E-state index is -2.48. The van der Waals surface area contributed by atoms with Crippen molar-refractivity contribution in [3.63, 3.8) is 0 Å². The Labute approximate surface area is 136 Å². The number of ether oxygens (including phenoxy) is 1. The molecule has 0 aliphatic heterocycles. The van der Waals surface area contributed by atoms with Crippen LogP contribution < -0.4 is 5.32 Å². The number of unbranched alkanes of at least 4 members (excludes halogenated alkanes) is 1. The highest BCUT2D eigenvalue weighted by atomic mass is 28.4. The third-order valence-electron chi connectivity index (χ3n) is 3.14. The third-order valence-corrected chi connectivity index (χ3v) is 6.29. The Bertz CT molecular complexity index is 262. The zero-order valence-electron chi connectivity index (χ0n) is 14.6. The van der Waals surface area contributed by atoms with Crippen molar-refractivity contribution in [3.05, 3.63) is 0 Å². The van der Waals surface area contributed by atoms with Crippen molar-refractivity contribution in [2.75, 3.05) is 40.0 Å². The Kier molecular flexibility index (Phi) is 13.8. The molecule has 0 saturated carbocycles. The summed E-state index contributed by atoms with van der Waals surface area (Å²) in [6.07, 6.45) is 3.33. The van der Waals surface area contributed by atoms with E-state index in [2.05, 4.69) is 10.1 Å². The zero-order chi connectivity index (χ0) is 16.7. The van der Waals surface area contributed by atoms with Gasteiger partial charge in [0, 0.05) is 32.3 Å². The predicted octanol–water partition coefficient (Wildman–Crippen LogP) is 2.36. The first-order chi connectivity index (χ1) is 10.6. The minimum absolute atomic E-state index is 0.150. The molecule has 0 heterocycles. The van der Waals surface area contributed by atoms with Crippen molar-refractivity contribution in [1.82, 2.24) is 5.32 Å². The molecule has 0 rings (SSSR count). The highest BCUT2D eigenvalue weighted by Gasteiger charge is 2.39. The number of carbonyl (C=O) groups is 1. The molecule has 6 nitrogen and oxygen atoms in total. The van der Waals surface area contributed by atoms with Gasteiger partial charge in [-0.2, -0.15) is 0 Å². The van der Waals surface area contributed by atoms with Gasteiger partial charge in [-0.1, -0.05) is 0 Å². The fraction of sp³-hybridized carbons (Fsp3) is 0.933. The van der Waals surface area contributed by atoms with E-state index in [4.69, 9.17) is 13.3 Å². The molecular formula is C15H33NO5Si. The Morgan fingerprint density at radius 3 is 1.95 bits per heavy atom. The van der Waals surface area contributed by atoms with Crippen LogP contribution in [0.2, 0.25) is 6.04 Å². The van der Waals surface area contributed by atoms with Crippen molar-refractivity contribution in [2.45, 2.75) is 52.5 Å². The molecule has 0 aliphatic rings. The second-order valence-electron chi connectivity index (χ2n) is 4.87. The van der Waals surface area contributed by atoms with Crippen molar-refractivity contribution in [3.8, 4) is 0 Å². The summed E-state index contributed by atoms with van der Waals surface area (Å²) < 4.78 is 22.0. The first-order valence-electron chi connectivity index (χ1n) is 8.33. The average molecular weight is 336 g/mol. The molecule has 0 bridgehead atoms. The van der Waals surface area contributed by atoms with E-state index >= 15 is 0 Å². The molecule has 0 aromatic heterocycles. The lowest BCUT2D eigenvalue weighted by atomic mass is 10.3. The van der Waals surface area contributed by atoms with Gasteiger partial charge in [0.1, 0.15) is 0 Å². The molecule has 0 fully saturated rings. The Morgan fingerprint density at radius 2 is 1.45 bits per heavy atom. The smallest absolute Gasteiger partial charge is 0.469 e. The summed E-state index contributed by atoms with van der Waals surface area (Å²) in [5, 5.41) is 3.33. The van der Waals surface area contributed by atoms with Gasteiger partial charge >= 0.3 is 14.8 Å². The molecule has 132 valence electrons. The van der Waals surface area contributed by atoms with Crippen LogP contribution in [0.25, 0.3) is 0 Å². The SMILES string of the molecule is CCO[Si](CCCCNCCCC(=O)OC)(OCC)OCC. The lowest BCUT2D eigenvalue weighted by molar-refractivity contribution is -0.140. The lowest BCUT2D eigenvalue weighted by Crippen LogP contribution is -2.46. The van der Waals surface area contributed by atoms with Crippen LogP contribution in [0.3, 0.4) is 0 Å². The molecular weight excluding hydrogens is 302 g/mol. The molecule has 22 heavy (non-hydrogen) atoms. The maximum Gasteiger partial charge on any atom is 0.500 e. The van der Waals surface area contributed by atoms with Gasteiger partial charge in [-0.15, -0.1) is 0 Å². The van der Waals surface area contributed by atoms with E-state index in [-0.39, 0.29) is 5.97 Å². The highest BCUT2D eigenvalue weighted by Crippen LogP contribution is 2.19. The van der Waals surface area contributed by atoms with E-state index in [0.29, 0.717) is 26.2 Å². The van der Waals surface area contributed by atoms with Crippen molar-refractivity contribution < 1.29 is 22.8 Å². The number of hydrogen-bond acceptors (Lipinski definition) is 6. The van der Waals surface area contributed by atoms with Crippen molar-refractivity contribution in [2.24, 2.45) is 0 Å². The summed E-state index contributed by atoms with van der Waals surface area (Å²) in [5.74, 6) is -0.150. The first-order valence-corrected chi connectivity index (χ1v) is 10.3. The van der Waals surface area contributed by atoms with E-state index in [1.165, 1.54) is 7.11 Å².